The number of benzene rings is 2. The van der Waals surface area contributed by atoms with Crippen molar-refractivity contribution in [2.24, 2.45) is 0 Å². The largest absolute Gasteiger partial charge is 0.493 e. The average molecular weight is 468 g/mol. The predicted octanol–water partition coefficient (Wildman–Crippen LogP) is 3.54. The summed E-state index contributed by atoms with van der Waals surface area (Å²) in [4.78, 5) is 14.4. The Hall–Kier alpha value is -3.39. The summed E-state index contributed by atoms with van der Waals surface area (Å²) in [5.41, 5.74) is 3.27. The fourth-order valence-corrected chi connectivity index (χ4v) is 4.20. The zero-order valence-electron chi connectivity index (χ0n) is 20.2. The van der Waals surface area contributed by atoms with Crippen LogP contribution in [0.4, 0.5) is 4.79 Å². The van der Waals surface area contributed by atoms with Crippen molar-refractivity contribution in [3.63, 3.8) is 0 Å². The lowest BCUT2D eigenvalue weighted by molar-refractivity contribution is 0.0237. The van der Waals surface area contributed by atoms with Crippen LogP contribution < -0.4 is 24.8 Å². The lowest BCUT2D eigenvalue weighted by atomic mass is 10.0. The second-order valence-electron chi connectivity index (χ2n) is 8.71. The van der Waals surface area contributed by atoms with Gasteiger partial charge in [-0.2, -0.15) is 0 Å². The lowest BCUT2D eigenvalue weighted by Gasteiger charge is -2.28. The molecule has 1 amide bonds. The lowest BCUT2D eigenvalue weighted by Crippen LogP contribution is -2.49. The summed E-state index contributed by atoms with van der Waals surface area (Å²) >= 11 is 0. The van der Waals surface area contributed by atoms with Crippen LogP contribution in [0.2, 0.25) is 0 Å². The van der Waals surface area contributed by atoms with E-state index in [1.165, 1.54) is 5.56 Å². The smallest absolute Gasteiger partial charge is 0.410 e. The second-order valence-corrected chi connectivity index (χ2v) is 8.71. The van der Waals surface area contributed by atoms with Gasteiger partial charge in [0.25, 0.3) is 0 Å². The summed E-state index contributed by atoms with van der Waals surface area (Å²) in [7, 11) is 3.22. The number of fused-ring (bicyclic) bond motifs is 1. The van der Waals surface area contributed by atoms with Crippen LogP contribution in [-0.2, 0) is 17.7 Å². The summed E-state index contributed by atoms with van der Waals surface area (Å²) in [6, 6.07) is 12.0. The molecule has 0 spiro atoms. The van der Waals surface area contributed by atoms with E-state index in [9.17, 15) is 4.79 Å². The summed E-state index contributed by atoms with van der Waals surface area (Å²) in [6.45, 7) is 5.84. The van der Waals surface area contributed by atoms with Crippen LogP contribution in [0.1, 0.15) is 30.5 Å². The van der Waals surface area contributed by atoms with E-state index >= 15 is 0 Å². The number of methoxy groups -OCH3 is 2. The summed E-state index contributed by atoms with van der Waals surface area (Å²) < 4.78 is 22.8. The number of rotatable bonds is 10. The highest BCUT2D eigenvalue weighted by Gasteiger charge is 2.38. The SMILES string of the molecule is COc1ccc(CCN2CC(C(NC(C)C)Oc3cccc4c3C=CNC4)OC2=O)cc1OC. The van der Waals surface area contributed by atoms with Crippen molar-refractivity contribution in [3.8, 4) is 17.2 Å². The van der Waals surface area contributed by atoms with Crippen LogP contribution in [0.5, 0.6) is 17.2 Å². The first-order valence-electron chi connectivity index (χ1n) is 11.6. The molecule has 2 N–H and O–H groups in total. The summed E-state index contributed by atoms with van der Waals surface area (Å²) in [6.07, 6.45) is 3.38. The minimum Gasteiger partial charge on any atom is -0.493 e. The van der Waals surface area contributed by atoms with Gasteiger partial charge in [0.2, 0.25) is 0 Å². The fraction of sp³-hybridized carbons (Fsp3) is 0.423. The number of amides is 1. The minimum absolute atomic E-state index is 0.154. The number of carbonyl (C=O) groups excluding carboxylic acids is 1. The first-order valence-corrected chi connectivity index (χ1v) is 11.6. The third-order valence-electron chi connectivity index (χ3n) is 5.94. The van der Waals surface area contributed by atoms with Crippen LogP contribution in [-0.4, -0.2) is 56.7 Å². The van der Waals surface area contributed by atoms with E-state index in [0.717, 1.165) is 23.4 Å². The van der Waals surface area contributed by atoms with Crippen LogP contribution in [0.15, 0.2) is 42.6 Å². The third-order valence-corrected chi connectivity index (χ3v) is 5.94. The number of nitrogens with zero attached hydrogens (tertiary/aromatic N) is 1. The molecule has 0 bridgehead atoms. The maximum absolute atomic E-state index is 12.7. The summed E-state index contributed by atoms with van der Waals surface area (Å²) in [5.74, 6) is 2.13. The maximum atomic E-state index is 12.7. The van der Waals surface area contributed by atoms with Gasteiger partial charge in [-0.1, -0.05) is 18.2 Å². The molecule has 2 aromatic carbocycles. The molecular weight excluding hydrogens is 434 g/mol. The number of nitrogens with one attached hydrogen (secondary N) is 2. The highest BCUT2D eigenvalue weighted by Crippen LogP contribution is 2.29. The normalized spacial score (nSPS) is 17.7. The maximum Gasteiger partial charge on any atom is 0.410 e. The molecule has 8 heteroatoms. The van der Waals surface area contributed by atoms with Crippen LogP contribution in [0, 0.1) is 0 Å². The standard InChI is InChI=1S/C26H33N3O5/c1-17(2)28-25(33-21-7-5-6-19-15-27-12-10-20(19)21)24-16-29(26(30)34-24)13-11-18-8-9-22(31-3)23(14-18)32-4/h5-10,12,14,17,24-25,27-28H,11,13,15-16H2,1-4H3. The van der Waals surface area contributed by atoms with Crippen molar-refractivity contribution in [1.29, 1.82) is 0 Å². The minimum atomic E-state index is -0.468. The number of cyclic esters (lactones) is 1. The van der Waals surface area contributed by atoms with Crippen molar-refractivity contribution in [2.75, 3.05) is 27.3 Å². The Morgan fingerprint density at radius 2 is 1.97 bits per heavy atom. The molecule has 0 aliphatic carbocycles. The number of carbonyl (C=O) groups is 1. The molecule has 2 aliphatic heterocycles. The van der Waals surface area contributed by atoms with Gasteiger partial charge < -0.3 is 29.2 Å². The van der Waals surface area contributed by atoms with Crippen molar-refractivity contribution in [2.45, 2.75) is 45.2 Å². The van der Waals surface area contributed by atoms with Gasteiger partial charge in [-0.05, 0) is 61.9 Å². The highest BCUT2D eigenvalue weighted by atomic mass is 16.6. The highest BCUT2D eigenvalue weighted by molar-refractivity contribution is 5.70. The average Bonchev–Trinajstić information content (AvgIpc) is 3.22. The second kappa shape index (κ2) is 10.7. The Bertz CT molecular complexity index is 1040. The van der Waals surface area contributed by atoms with Gasteiger partial charge in [0.05, 0.1) is 20.8 Å². The molecule has 182 valence electrons. The summed E-state index contributed by atoms with van der Waals surface area (Å²) in [5, 5.41) is 6.64. The van der Waals surface area contributed by atoms with E-state index < -0.39 is 12.3 Å². The molecule has 1 saturated heterocycles. The third kappa shape index (κ3) is 5.39. The zero-order chi connectivity index (χ0) is 24.1. The van der Waals surface area contributed by atoms with Crippen molar-refractivity contribution < 1.29 is 23.7 Å². The molecule has 1 fully saturated rings. The van der Waals surface area contributed by atoms with E-state index in [4.69, 9.17) is 18.9 Å². The van der Waals surface area contributed by atoms with Gasteiger partial charge in [0.15, 0.2) is 23.8 Å². The van der Waals surface area contributed by atoms with Gasteiger partial charge in [-0.15, -0.1) is 0 Å². The van der Waals surface area contributed by atoms with Crippen molar-refractivity contribution in [3.05, 3.63) is 59.3 Å². The van der Waals surface area contributed by atoms with Crippen LogP contribution in [0.3, 0.4) is 0 Å². The zero-order valence-corrected chi connectivity index (χ0v) is 20.2. The Balaban J connectivity index is 1.43. The predicted molar refractivity (Wildman–Crippen MR) is 130 cm³/mol. The molecule has 2 atom stereocenters. The molecule has 2 aromatic rings. The van der Waals surface area contributed by atoms with Crippen LogP contribution in [0.25, 0.3) is 6.08 Å². The Labute approximate surface area is 200 Å². The number of hydrogen-bond acceptors (Lipinski definition) is 7. The number of ether oxygens (including phenoxy) is 4. The van der Waals surface area contributed by atoms with Gasteiger partial charge in [-0.3, -0.25) is 5.32 Å². The van der Waals surface area contributed by atoms with E-state index in [2.05, 4.69) is 16.7 Å². The Kier molecular flexibility index (Phi) is 7.47. The fourth-order valence-electron chi connectivity index (χ4n) is 4.20. The van der Waals surface area contributed by atoms with Crippen LogP contribution >= 0.6 is 0 Å². The van der Waals surface area contributed by atoms with Crippen molar-refractivity contribution >= 4 is 12.2 Å². The van der Waals surface area contributed by atoms with Gasteiger partial charge in [0, 0.05) is 24.7 Å². The molecule has 2 heterocycles. The Morgan fingerprint density at radius 1 is 1.15 bits per heavy atom. The molecule has 4 rings (SSSR count). The molecule has 0 aromatic heterocycles. The van der Waals surface area contributed by atoms with E-state index in [1.54, 1.807) is 19.1 Å². The molecule has 0 saturated carbocycles. The van der Waals surface area contributed by atoms with Gasteiger partial charge in [0.1, 0.15) is 5.75 Å². The first-order chi connectivity index (χ1) is 16.5. The van der Waals surface area contributed by atoms with Crippen molar-refractivity contribution in [1.82, 2.24) is 15.5 Å². The Morgan fingerprint density at radius 3 is 2.74 bits per heavy atom. The molecule has 2 unspecified atom stereocenters. The monoisotopic (exact) mass is 467 g/mol. The van der Waals surface area contributed by atoms with E-state index in [1.807, 2.05) is 56.5 Å². The quantitative estimate of drug-likeness (QED) is 0.517. The molecule has 8 nitrogen and oxygen atoms in total. The topological polar surface area (TPSA) is 81.3 Å². The molecule has 34 heavy (non-hydrogen) atoms. The van der Waals surface area contributed by atoms with E-state index in [0.29, 0.717) is 31.0 Å². The number of hydrogen-bond donors (Lipinski definition) is 2. The molecule has 2 aliphatic rings. The molecule has 0 radical (unpaired) electrons. The molecular formula is C26H33N3O5. The first kappa shape index (κ1) is 23.8. The van der Waals surface area contributed by atoms with Gasteiger partial charge >= 0.3 is 6.09 Å². The van der Waals surface area contributed by atoms with Gasteiger partial charge in [-0.25, -0.2) is 4.79 Å². The van der Waals surface area contributed by atoms with E-state index in [-0.39, 0.29) is 12.1 Å².